The molecule has 1 fully saturated rings. The quantitative estimate of drug-likeness (QED) is 0.869. The Balaban J connectivity index is 1.66. The molecule has 0 bridgehead atoms. The van der Waals surface area contributed by atoms with Crippen LogP contribution in [0.2, 0.25) is 0 Å². The van der Waals surface area contributed by atoms with E-state index in [2.05, 4.69) is 5.32 Å². The minimum atomic E-state index is -3.58. The number of hydrogen-bond donors (Lipinski definition) is 1. The Kier molecular flexibility index (Phi) is 5.62. The minimum absolute atomic E-state index is 0.204. The highest BCUT2D eigenvalue weighted by atomic mass is 32.2. The third-order valence-corrected chi connectivity index (χ3v) is 6.92. The number of anilines is 1. The lowest BCUT2D eigenvalue weighted by atomic mass is 9.97. The van der Waals surface area contributed by atoms with Crippen molar-refractivity contribution in [2.45, 2.75) is 31.6 Å². The zero-order chi connectivity index (χ0) is 19.6. The first-order valence-corrected chi connectivity index (χ1v) is 10.4. The normalized spacial score (nSPS) is 16.3. The van der Waals surface area contributed by atoms with Crippen molar-refractivity contribution in [1.29, 1.82) is 0 Å². The van der Waals surface area contributed by atoms with Crippen molar-refractivity contribution in [3.8, 4) is 0 Å². The first-order chi connectivity index (χ1) is 12.8. The van der Waals surface area contributed by atoms with Crippen molar-refractivity contribution in [2.75, 3.05) is 18.4 Å². The van der Waals surface area contributed by atoms with Crippen molar-refractivity contribution < 1.29 is 17.6 Å². The largest absolute Gasteiger partial charge is 0.326 e. The highest BCUT2D eigenvalue weighted by molar-refractivity contribution is 7.89. The van der Waals surface area contributed by atoms with Crippen molar-refractivity contribution >= 4 is 21.6 Å². The van der Waals surface area contributed by atoms with Gasteiger partial charge in [0, 0.05) is 24.7 Å². The Labute approximate surface area is 159 Å². The van der Waals surface area contributed by atoms with Crippen LogP contribution < -0.4 is 5.32 Å². The molecule has 1 amide bonds. The summed E-state index contributed by atoms with van der Waals surface area (Å²) in [4.78, 5) is 12.7. The van der Waals surface area contributed by atoms with Gasteiger partial charge >= 0.3 is 0 Å². The molecular weight excluding hydrogens is 367 g/mol. The predicted molar refractivity (Wildman–Crippen MR) is 102 cm³/mol. The lowest BCUT2D eigenvalue weighted by Crippen LogP contribution is -2.41. The van der Waals surface area contributed by atoms with E-state index in [1.54, 1.807) is 25.1 Å². The van der Waals surface area contributed by atoms with E-state index in [9.17, 15) is 17.6 Å². The van der Waals surface area contributed by atoms with Crippen LogP contribution in [0.4, 0.5) is 10.1 Å². The zero-order valence-electron chi connectivity index (χ0n) is 15.4. The van der Waals surface area contributed by atoms with E-state index in [1.165, 1.54) is 22.5 Å². The molecule has 27 heavy (non-hydrogen) atoms. The molecule has 5 nitrogen and oxygen atoms in total. The summed E-state index contributed by atoms with van der Waals surface area (Å²) in [5.41, 5.74) is 2.01. The molecule has 0 spiro atoms. The summed E-state index contributed by atoms with van der Waals surface area (Å²) in [5, 5.41) is 2.71. The number of carbonyl (C=O) groups excluding carboxylic acids is 1. The lowest BCUT2D eigenvalue weighted by molar-refractivity contribution is -0.120. The van der Waals surface area contributed by atoms with Gasteiger partial charge in [-0.05, 0) is 62.1 Å². The van der Waals surface area contributed by atoms with E-state index in [-0.39, 0.29) is 24.9 Å². The fraction of sp³-hybridized carbons (Fsp3) is 0.350. The van der Waals surface area contributed by atoms with Gasteiger partial charge in [0.1, 0.15) is 5.82 Å². The molecular formula is C20H23FN2O3S. The summed E-state index contributed by atoms with van der Waals surface area (Å²) in [5.74, 6) is -0.912. The maximum absolute atomic E-state index is 13.2. The van der Waals surface area contributed by atoms with Gasteiger partial charge in [0.05, 0.1) is 4.90 Å². The van der Waals surface area contributed by atoms with Crippen LogP contribution in [0, 0.1) is 25.6 Å². The molecule has 1 N–H and O–H groups in total. The van der Waals surface area contributed by atoms with Gasteiger partial charge in [-0.2, -0.15) is 4.31 Å². The number of amides is 1. The van der Waals surface area contributed by atoms with Gasteiger partial charge in [-0.3, -0.25) is 4.79 Å². The summed E-state index contributed by atoms with van der Waals surface area (Å²) in [6.45, 7) is 4.22. The number of nitrogens with zero attached hydrogens (tertiary/aromatic N) is 1. The number of rotatable bonds is 4. The number of halogens is 1. The number of nitrogens with one attached hydrogen (secondary N) is 1. The van der Waals surface area contributed by atoms with Crippen molar-refractivity contribution in [2.24, 2.45) is 5.92 Å². The molecule has 2 aromatic carbocycles. The molecule has 3 rings (SSSR count). The van der Waals surface area contributed by atoms with E-state index in [0.717, 1.165) is 5.56 Å². The molecule has 0 atom stereocenters. The van der Waals surface area contributed by atoms with E-state index in [4.69, 9.17) is 0 Å². The van der Waals surface area contributed by atoms with Crippen LogP contribution in [0.3, 0.4) is 0 Å². The third kappa shape index (κ3) is 4.36. The molecule has 1 aliphatic heterocycles. The average Bonchev–Trinajstić information content (AvgIpc) is 2.63. The van der Waals surface area contributed by atoms with Gasteiger partial charge in [0.15, 0.2) is 0 Å². The Hall–Kier alpha value is -2.25. The number of piperidine rings is 1. The second-order valence-corrected chi connectivity index (χ2v) is 8.85. The lowest BCUT2D eigenvalue weighted by Gasteiger charge is -2.31. The summed E-state index contributed by atoms with van der Waals surface area (Å²) < 4.78 is 40.6. The van der Waals surface area contributed by atoms with Gasteiger partial charge < -0.3 is 5.32 Å². The molecule has 1 heterocycles. The summed E-state index contributed by atoms with van der Waals surface area (Å²) in [7, 11) is -3.58. The Morgan fingerprint density at radius 1 is 1.11 bits per heavy atom. The molecule has 1 aliphatic rings. The van der Waals surface area contributed by atoms with Crippen molar-refractivity contribution in [3.05, 3.63) is 59.4 Å². The van der Waals surface area contributed by atoms with Gasteiger partial charge in [-0.1, -0.05) is 18.2 Å². The van der Waals surface area contributed by atoms with E-state index >= 15 is 0 Å². The van der Waals surface area contributed by atoms with E-state index in [1.807, 2.05) is 13.0 Å². The Bertz CT molecular complexity index is 951. The second-order valence-electron chi connectivity index (χ2n) is 6.95. The van der Waals surface area contributed by atoms with Crippen LogP contribution in [0.15, 0.2) is 47.4 Å². The number of aryl methyl sites for hydroxylation is 2. The standard InChI is InChI=1S/C20H23FN2O3S/c1-14-6-7-15(2)19(12-14)27(25,26)23-10-8-16(9-11-23)20(24)22-18-5-3-4-17(21)13-18/h3-7,12-13,16H,8-11H2,1-2H3,(H,22,24). The average molecular weight is 390 g/mol. The van der Waals surface area contributed by atoms with Crippen LogP contribution >= 0.6 is 0 Å². The fourth-order valence-electron chi connectivity index (χ4n) is 3.29. The molecule has 144 valence electrons. The van der Waals surface area contributed by atoms with Crippen LogP contribution in [0.1, 0.15) is 24.0 Å². The number of carbonyl (C=O) groups is 1. The fourth-order valence-corrected chi connectivity index (χ4v) is 5.07. The zero-order valence-corrected chi connectivity index (χ0v) is 16.2. The summed E-state index contributed by atoms with van der Waals surface area (Å²) in [6.07, 6.45) is 0.872. The maximum atomic E-state index is 13.2. The predicted octanol–water partition coefficient (Wildman–Crippen LogP) is 3.48. The molecule has 2 aromatic rings. The minimum Gasteiger partial charge on any atom is -0.326 e. The molecule has 0 unspecified atom stereocenters. The highest BCUT2D eigenvalue weighted by Gasteiger charge is 2.32. The first-order valence-electron chi connectivity index (χ1n) is 8.91. The van der Waals surface area contributed by atoms with Crippen molar-refractivity contribution in [3.63, 3.8) is 0 Å². The molecule has 0 aromatic heterocycles. The Morgan fingerprint density at radius 2 is 1.81 bits per heavy atom. The van der Waals surface area contributed by atoms with Gasteiger partial charge in [0.2, 0.25) is 15.9 Å². The number of sulfonamides is 1. The smallest absolute Gasteiger partial charge is 0.243 e. The van der Waals surface area contributed by atoms with Gasteiger partial charge in [-0.25, -0.2) is 12.8 Å². The molecule has 0 aliphatic carbocycles. The van der Waals surface area contributed by atoms with Gasteiger partial charge in [0.25, 0.3) is 0 Å². The van der Waals surface area contributed by atoms with Crippen molar-refractivity contribution in [1.82, 2.24) is 4.31 Å². The number of benzene rings is 2. The SMILES string of the molecule is Cc1ccc(C)c(S(=O)(=O)N2CCC(C(=O)Nc3cccc(F)c3)CC2)c1. The summed E-state index contributed by atoms with van der Waals surface area (Å²) >= 11 is 0. The van der Waals surface area contributed by atoms with E-state index < -0.39 is 15.8 Å². The maximum Gasteiger partial charge on any atom is 0.243 e. The van der Waals surface area contributed by atoms with Crippen LogP contribution in [0.5, 0.6) is 0 Å². The van der Waals surface area contributed by atoms with Crippen LogP contribution in [-0.4, -0.2) is 31.7 Å². The third-order valence-electron chi connectivity index (χ3n) is 4.88. The van der Waals surface area contributed by atoms with Gasteiger partial charge in [-0.15, -0.1) is 0 Å². The second kappa shape index (κ2) is 7.78. The molecule has 0 saturated carbocycles. The Morgan fingerprint density at radius 3 is 2.48 bits per heavy atom. The van der Waals surface area contributed by atoms with Crippen LogP contribution in [-0.2, 0) is 14.8 Å². The van der Waals surface area contributed by atoms with Crippen LogP contribution in [0.25, 0.3) is 0 Å². The topological polar surface area (TPSA) is 66.5 Å². The number of hydrogen-bond acceptors (Lipinski definition) is 3. The van der Waals surface area contributed by atoms with E-state index in [0.29, 0.717) is 29.0 Å². The molecule has 1 saturated heterocycles. The summed E-state index contributed by atoms with van der Waals surface area (Å²) in [6, 6.07) is 11.1. The highest BCUT2D eigenvalue weighted by Crippen LogP contribution is 2.27. The monoisotopic (exact) mass is 390 g/mol. The first kappa shape index (κ1) is 19.5. The molecule has 0 radical (unpaired) electrons. The molecule has 7 heteroatoms.